The zero-order valence-electron chi connectivity index (χ0n) is 14.5. The molecule has 3 aromatic rings. The normalized spacial score (nSPS) is 13.3. The summed E-state index contributed by atoms with van der Waals surface area (Å²) in [4.78, 5) is 20.7. The van der Waals surface area contributed by atoms with Crippen LogP contribution in [0.2, 0.25) is 0 Å². The summed E-state index contributed by atoms with van der Waals surface area (Å²) in [7, 11) is 1.54. The fourth-order valence-electron chi connectivity index (χ4n) is 2.85. The van der Waals surface area contributed by atoms with Gasteiger partial charge in [-0.15, -0.1) is 0 Å². The molecule has 130 valence electrons. The second kappa shape index (κ2) is 6.96. The van der Waals surface area contributed by atoms with E-state index in [1.807, 2.05) is 12.1 Å². The third kappa shape index (κ3) is 3.57. The van der Waals surface area contributed by atoms with Crippen LogP contribution in [0, 0.1) is 0 Å². The van der Waals surface area contributed by atoms with Crippen molar-refractivity contribution in [2.45, 2.75) is 18.8 Å². The number of nitrogens with one attached hydrogen (secondary N) is 1. The Hall–Kier alpha value is -3.21. The van der Waals surface area contributed by atoms with Crippen LogP contribution in [0.3, 0.4) is 0 Å². The van der Waals surface area contributed by atoms with Crippen LogP contribution in [0.15, 0.2) is 60.9 Å². The minimum atomic E-state index is -0.254. The predicted molar refractivity (Wildman–Crippen MR) is 100 cm³/mol. The molecule has 26 heavy (non-hydrogen) atoms. The lowest BCUT2D eigenvalue weighted by molar-refractivity contribution is 0.102. The number of benzene rings is 1. The molecule has 5 heteroatoms. The van der Waals surface area contributed by atoms with Gasteiger partial charge in [0.25, 0.3) is 5.91 Å². The Balaban J connectivity index is 1.47. The van der Waals surface area contributed by atoms with Gasteiger partial charge in [0.05, 0.1) is 12.7 Å². The average Bonchev–Trinajstić information content (AvgIpc) is 3.54. The van der Waals surface area contributed by atoms with Gasteiger partial charge in [-0.2, -0.15) is 0 Å². The molecule has 0 bridgehead atoms. The highest BCUT2D eigenvalue weighted by Gasteiger charge is 2.23. The van der Waals surface area contributed by atoms with E-state index in [4.69, 9.17) is 4.74 Å². The number of carbonyl (C=O) groups is 1. The second-order valence-corrected chi connectivity index (χ2v) is 6.38. The summed E-state index contributed by atoms with van der Waals surface area (Å²) in [5, 5.41) is 2.78. The minimum Gasteiger partial charge on any atom is -0.481 e. The first kappa shape index (κ1) is 16.3. The van der Waals surface area contributed by atoms with E-state index < -0.39 is 0 Å². The quantitative estimate of drug-likeness (QED) is 0.749. The molecule has 1 saturated carbocycles. The van der Waals surface area contributed by atoms with Gasteiger partial charge in [0.2, 0.25) is 5.88 Å². The van der Waals surface area contributed by atoms with E-state index >= 15 is 0 Å². The van der Waals surface area contributed by atoms with E-state index in [9.17, 15) is 4.79 Å². The van der Waals surface area contributed by atoms with Crippen LogP contribution in [0.1, 0.15) is 34.7 Å². The van der Waals surface area contributed by atoms with Crippen molar-refractivity contribution in [3.63, 3.8) is 0 Å². The zero-order chi connectivity index (χ0) is 17.9. The van der Waals surface area contributed by atoms with E-state index in [0.717, 1.165) is 17.0 Å². The summed E-state index contributed by atoms with van der Waals surface area (Å²) in [6.45, 7) is 0. The average molecular weight is 345 g/mol. The number of amides is 1. The Kier molecular flexibility index (Phi) is 4.35. The van der Waals surface area contributed by atoms with Gasteiger partial charge in [0, 0.05) is 24.0 Å². The van der Waals surface area contributed by atoms with Crippen molar-refractivity contribution in [1.82, 2.24) is 9.97 Å². The smallest absolute Gasteiger partial charge is 0.258 e. The van der Waals surface area contributed by atoms with Crippen LogP contribution in [-0.4, -0.2) is 23.0 Å². The van der Waals surface area contributed by atoms with E-state index in [0.29, 0.717) is 17.3 Å². The predicted octanol–water partition coefficient (Wildman–Crippen LogP) is 4.28. The Morgan fingerprint density at radius 2 is 1.92 bits per heavy atom. The summed E-state index contributed by atoms with van der Waals surface area (Å²) in [5.74, 6) is 1.45. The summed E-state index contributed by atoms with van der Waals surface area (Å²) < 4.78 is 4.99. The summed E-state index contributed by atoms with van der Waals surface area (Å²) in [6.07, 6.45) is 5.83. The molecule has 1 aromatic carbocycles. The van der Waals surface area contributed by atoms with Gasteiger partial charge in [-0.3, -0.25) is 4.79 Å². The SMILES string of the molecule is COc1ccc(C(=O)Nc2ccc(-c3cccc(C4CC4)c3)cn2)cn1. The summed E-state index contributed by atoms with van der Waals surface area (Å²) >= 11 is 0. The highest BCUT2D eigenvalue weighted by molar-refractivity contribution is 6.03. The highest BCUT2D eigenvalue weighted by atomic mass is 16.5. The Morgan fingerprint density at radius 3 is 2.58 bits per heavy atom. The van der Waals surface area contributed by atoms with Crippen molar-refractivity contribution < 1.29 is 9.53 Å². The lowest BCUT2D eigenvalue weighted by Gasteiger charge is -2.07. The summed E-state index contributed by atoms with van der Waals surface area (Å²) in [5.41, 5.74) is 4.04. The maximum absolute atomic E-state index is 12.3. The van der Waals surface area contributed by atoms with Crippen LogP contribution in [0.5, 0.6) is 5.88 Å². The second-order valence-electron chi connectivity index (χ2n) is 6.38. The summed E-state index contributed by atoms with van der Waals surface area (Å²) in [6, 6.07) is 15.7. The first-order valence-corrected chi connectivity index (χ1v) is 8.61. The molecule has 0 aliphatic heterocycles. The molecule has 1 N–H and O–H groups in total. The standard InChI is InChI=1S/C21H19N3O2/c1-26-20-10-8-18(13-23-20)21(25)24-19-9-7-17(12-22-19)16-4-2-3-15(11-16)14-5-6-14/h2-4,7-14H,5-6H2,1H3,(H,22,24,25). The fourth-order valence-corrected chi connectivity index (χ4v) is 2.85. The molecular weight excluding hydrogens is 326 g/mol. The number of anilines is 1. The molecule has 0 spiro atoms. The zero-order valence-corrected chi connectivity index (χ0v) is 14.5. The third-order valence-corrected chi connectivity index (χ3v) is 4.48. The van der Waals surface area contributed by atoms with E-state index in [1.165, 1.54) is 31.7 Å². The number of ether oxygens (including phenoxy) is 1. The highest BCUT2D eigenvalue weighted by Crippen LogP contribution is 2.41. The molecule has 5 nitrogen and oxygen atoms in total. The maximum atomic E-state index is 12.3. The molecule has 0 radical (unpaired) electrons. The van der Waals surface area contributed by atoms with Gasteiger partial charge in [-0.05, 0) is 48.1 Å². The van der Waals surface area contributed by atoms with E-state index in [1.54, 1.807) is 18.3 Å². The first-order valence-electron chi connectivity index (χ1n) is 8.61. The largest absolute Gasteiger partial charge is 0.481 e. The molecule has 1 aliphatic rings. The number of pyridine rings is 2. The van der Waals surface area contributed by atoms with Crippen molar-refractivity contribution >= 4 is 11.7 Å². The van der Waals surface area contributed by atoms with Gasteiger partial charge in [0.15, 0.2) is 0 Å². The van der Waals surface area contributed by atoms with Crippen LogP contribution >= 0.6 is 0 Å². The molecule has 2 aromatic heterocycles. The van der Waals surface area contributed by atoms with Crippen LogP contribution in [0.25, 0.3) is 11.1 Å². The molecule has 0 saturated heterocycles. The lowest BCUT2D eigenvalue weighted by atomic mass is 10.0. The molecule has 0 atom stereocenters. The molecule has 0 unspecified atom stereocenters. The fraction of sp³-hybridized carbons (Fsp3) is 0.190. The van der Waals surface area contributed by atoms with Crippen LogP contribution in [0.4, 0.5) is 5.82 Å². The number of methoxy groups -OCH3 is 1. The van der Waals surface area contributed by atoms with E-state index in [2.05, 4.69) is 39.6 Å². The first-order chi connectivity index (χ1) is 12.7. The Morgan fingerprint density at radius 1 is 1.04 bits per heavy atom. The number of nitrogens with zero attached hydrogens (tertiary/aromatic N) is 2. The van der Waals surface area contributed by atoms with Gasteiger partial charge in [-0.1, -0.05) is 24.3 Å². The molecule has 4 rings (SSSR count). The molecular formula is C21H19N3O2. The van der Waals surface area contributed by atoms with Gasteiger partial charge in [0.1, 0.15) is 5.82 Å². The van der Waals surface area contributed by atoms with Crippen LogP contribution in [-0.2, 0) is 0 Å². The molecule has 1 fully saturated rings. The lowest BCUT2D eigenvalue weighted by Crippen LogP contribution is -2.13. The third-order valence-electron chi connectivity index (χ3n) is 4.48. The number of carbonyl (C=O) groups excluding carboxylic acids is 1. The molecule has 1 amide bonds. The Bertz CT molecular complexity index is 917. The Labute approximate surface area is 152 Å². The van der Waals surface area contributed by atoms with Crippen molar-refractivity contribution in [1.29, 1.82) is 0 Å². The molecule has 2 heterocycles. The topological polar surface area (TPSA) is 64.1 Å². The van der Waals surface area contributed by atoms with Crippen molar-refractivity contribution in [3.05, 3.63) is 72.1 Å². The van der Waals surface area contributed by atoms with Gasteiger partial charge >= 0.3 is 0 Å². The van der Waals surface area contributed by atoms with Crippen molar-refractivity contribution in [2.24, 2.45) is 0 Å². The van der Waals surface area contributed by atoms with Crippen LogP contribution < -0.4 is 10.1 Å². The number of hydrogen-bond acceptors (Lipinski definition) is 4. The monoisotopic (exact) mass is 345 g/mol. The number of rotatable bonds is 5. The van der Waals surface area contributed by atoms with Gasteiger partial charge < -0.3 is 10.1 Å². The van der Waals surface area contributed by atoms with E-state index in [-0.39, 0.29) is 5.91 Å². The van der Waals surface area contributed by atoms with Crippen molar-refractivity contribution in [3.8, 4) is 17.0 Å². The molecule has 1 aliphatic carbocycles. The number of hydrogen-bond donors (Lipinski definition) is 1. The number of aromatic nitrogens is 2. The van der Waals surface area contributed by atoms with Gasteiger partial charge in [-0.25, -0.2) is 9.97 Å². The minimum absolute atomic E-state index is 0.254. The van der Waals surface area contributed by atoms with Crippen molar-refractivity contribution in [2.75, 3.05) is 12.4 Å². The maximum Gasteiger partial charge on any atom is 0.258 e.